The molecule has 3 aromatic carbocycles. The largest absolute Gasteiger partial charge is 0.494 e. The second-order valence-corrected chi connectivity index (χ2v) is 9.31. The highest BCUT2D eigenvalue weighted by Crippen LogP contribution is 2.20. The number of methoxy groups -OCH3 is 1. The number of hydrogen-bond donors (Lipinski definition) is 1. The maximum absolute atomic E-state index is 13.2. The van der Waals surface area contributed by atoms with Crippen molar-refractivity contribution in [3.05, 3.63) is 90.0 Å². The third-order valence-electron chi connectivity index (χ3n) is 5.15. The molecule has 0 spiro atoms. The third-order valence-corrected chi connectivity index (χ3v) is 6.54. The van der Waals surface area contributed by atoms with Gasteiger partial charge in [0.15, 0.2) is 0 Å². The van der Waals surface area contributed by atoms with Crippen LogP contribution in [0, 0.1) is 0 Å². The molecular formula is C26H28N2O6S. The van der Waals surface area contributed by atoms with Crippen molar-refractivity contribution in [1.82, 2.24) is 4.90 Å². The van der Waals surface area contributed by atoms with Crippen molar-refractivity contribution >= 4 is 27.6 Å². The zero-order valence-corrected chi connectivity index (χ0v) is 20.5. The van der Waals surface area contributed by atoms with Gasteiger partial charge in [-0.05, 0) is 61.0 Å². The summed E-state index contributed by atoms with van der Waals surface area (Å²) in [6.45, 7) is 2.85. The van der Waals surface area contributed by atoms with Gasteiger partial charge in [-0.3, -0.25) is 14.3 Å². The van der Waals surface area contributed by atoms with Crippen molar-refractivity contribution in [3.8, 4) is 5.75 Å². The molecule has 3 rings (SSSR count). The molecule has 184 valence electrons. The van der Waals surface area contributed by atoms with Crippen molar-refractivity contribution < 1.29 is 27.5 Å². The Morgan fingerprint density at radius 2 is 1.57 bits per heavy atom. The molecule has 0 aliphatic rings. The van der Waals surface area contributed by atoms with E-state index in [4.69, 9.17) is 9.47 Å². The summed E-state index contributed by atoms with van der Waals surface area (Å²) in [6, 6.07) is 21.7. The van der Waals surface area contributed by atoms with Crippen LogP contribution in [0.15, 0.2) is 83.8 Å². The molecule has 35 heavy (non-hydrogen) atoms. The summed E-state index contributed by atoms with van der Waals surface area (Å²) in [5.41, 5.74) is 1.61. The lowest BCUT2D eigenvalue weighted by Gasteiger charge is -2.22. The van der Waals surface area contributed by atoms with E-state index in [0.717, 1.165) is 5.56 Å². The van der Waals surface area contributed by atoms with E-state index < -0.39 is 16.0 Å². The third kappa shape index (κ3) is 7.31. The second kappa shape index (κ2) is 12.0. The molecule has 0 atom stereocenters. The van der Waals surface area contributed by atoms with Crippen LogP contribution in [0.1, 0.15) is 29.3 Å². The van der Waals surface area contributed by atoms with Gasteiger partial charge < -0.3 is 14.4 Å². The number of nitrogens with one attached hydrogen (secondary N) is 1. The number of nitrogens with zero attached hydrogens (tertiary/aromatic N) is 1. The Bertz CT molecular complexity index is 1230. The van der Waals surface area contributed by atoms with E-state index in [1.54, 1.807) is 24.3 Å². The van der Waals surface area contributed by atoms with Gasteiger partial charge in [0, 0.05) is 24.3 Å². The van der Waals surface area contributed by atoms with Gasteiger partial charge in [-0.2, -0.15) is 0 Å². The Hall–Kier alpha value is -3.85. The van der Waals surface area contributed by atoms with Crippen LogP contribution in [-0.2, 0) is 26.1 Å². The first-order chi connectivity index (χ1) is 16.8. The molecule has 0 fully saturated rings. The number of rotatable bonds is 11. The number of amides is 1. The van der Waals surface area contributed by atoms with Crippen molar-refractivity contribution in [2.24, 2.45) is 0 Å². The van der Waals surface area contributed by atoms with Crippen LogP contribution in [-0.4, -0.2) is 45.5 Å². The first-order valence-electron chi connectivity index (χ1n) is 11.1. The van der Waals surface area contributed by atoms with E-state index in [1.165, 1.54) is 36.3 Å². The molecule has 9 heteroatoms. The number of carbonyl (C=O) groups excluding carboxylic acids is 2. The number of hydrogen-bond acceptors (Lipinski definition) is 6. The highest BCUT2D eigenvalue weighted by molar-refractivity contribution is 7.92. The molecule has 0 saturated carbocycles. The van der Waals surface area contributed by atoms with Crippen LogP contribution in [0.25, 0.3) is 0 Å². The number of esters is 1. The highest BCUT2D eigenvalue weighted by atomic mass is 32.2. The van der Waals surface area contributed by atoms with Gasteiger partial charge in [0.2, 0.25) is 0 Å². The number of ether oxygens (including phenoxy) is 2. The van der Waals surface area contributed by atoms with Crippen LogP contribution >= 0.6 is 0 Å². The van der Waals surface area contributed by atoms with Crippen molar-refractivity contribution in [2.75, 3.05) is 25.0 Å². The number of anilines is 1. The lowest BCUT2D eigenvalue weighted by Crippen LogP contribution is -2.32. The van der Waals surface area contributed by atoms with E-state index in [-0.39, 0.29) is 23.8 Å². The van der Waals surface area contributed by atoms with Gasteiger partial charge in [0.05, 0.1) is 25.0 Å². The number of sulfonamides is 1. The summed E-state index contributed by atoms with van der Waals surface area (Å²) < 4.78 is 38.2. The summed E-state index contributed by atoms with van der Waals surface area (Å²) in [5, 5.41) is 0. The smallest absolute Gasteiger partial charge is 0.307 e. The molecule has 0 heterocycles. The molecule has 1 N–H and O–H groups in total. The zero-order chi connectivity index (χ0) is 25.3. The highest BCUT2D eigenvalue weighted by Gasteiger charge is 2.20. The van der Waals surface area contributed by atoms with Gasteiger partial charge >= 0.3 is 5.97 Å². The van der Waals surface area contributed by atoms with Crippen molar-refractivity contribution in [2.45, 2.75) is 24.8 Å². The molecule has 0 aromatic heterocycles. The molecule has 0 unspecified atom stereocenters. The Kier molecular flexibility index (Phi) is 8.86. The van der Waals surface area contributed by atoms with Gasteiger partial charge in [-0.15, -0.1) is 0 Å². The first-order valence-corrected chi connectivity index (χ1v) is 12.6. The predicted octanol–water partition coefficient (Wildman–Crippen LogP) is 4.09. The molecule has 0 aliphatic heterocycles. The number of carbonyl (C=O) groups is 2. The van der Waals surface area contributed by atoms with Crippen LogP contribution in [0.3, 0.4) is 0 Å². The average Bonchev–Trinajstić information content (AvgIpc) is 2.87. The van der Waals surface area contributed by atoms with E-state index in [1.807, 2.05) is 37.3 Å². The Morgan fingerprint density at radius 3 is 2.17 bits per heavy atom. The minimum Gasteiger partial charge on any atom is -0.494 e. The van der Waals surface area contributed by atoms with Gasteiger partial charge in [0.25, 0.3) is 15.9 Å². The van der Waals surface area contributed by atoms with Gasteiger partial charge in [0.1, 0.15) is 5.75 Å². The maximum atomic E-state index is 13.2. The molecule has 0 aliphatic carbocycles. The summed E-state index contributed by atoms with van der Waals surface area (Å²) >= 11 is 0. The molecule has 3 aromatic rings. The van der Waals surface area contributed by atoms with Crippen LogP contribution < -0.4 is 9.46 Å². The van der Waals surface area contributed by atoms with Crippen molar-refractivity contribution in [1.29, 1.82) is 0 Å². The molecule has 8 nitrogen and oxygen atoms in total. The van der Waals surface area contributed by atoms with E-state index in [0.29, 0.717) is 30.2 Å². The lowest BCUT2D eigenvalue weighted by molar-refractivity contribution is -0.140. The van der Waals surface area contributed by atoms with E-state index >= 15 is 0 Å². The lowest BCUT2D eigenvalue weighted by atomic mass is 10.1. The van der Waals surface area contributed by atoms with E-state index in [9.17, 15) is 18.0 Å². The normalized spacial score (nSPS) is 10.9. The average molecular weight is 497 g/mol. The molecule has 0 saturated heterocycles. The van der Waals surface area contributed by atoms with Gasteiger partial charge in [-0.1, -0.05) is 30.3 Å². The SMILES string of the molecule is CCOc1ccc(NS(=O)(=O)c2ccc(C(=O)N(CCC(=O)OC)Cc3ccccc3)cc2)cc1. The fourth-order valence-electron chi connectivity index (χ4n) is 3.34. The fraction of sp³-hybridized carbons (Fsp3) is 0.231. The summed E-state index contributed by atoms with van der Waals surface area (Å²) in [4.78, 5) is 26.4. The summed E-state index contributed by atoms with van der Waals surface area (Å²) in [7, 11) is -2.55. The minimum absolute atomic E-state index is 0.0205. The summed E-state index contributed by atoms with van der Waals surface area (Å²) in [6.07, 6.45) is 0.0491. The monoisotopic (exact) mass is 496 g/mol. The Balaban J connectivity index is 1.74. The fourth-order valence-corrected chi connectivity index (χ4v) is 4.40. The maximum Gasteiger partial charge on any atom is 0.307 e. The van der Waals surface area contributed by atoms with E-state index in [2.05, 4.69) is 4.72 Å². The van der Waals surface area contributed by atoms with Gasteiger partial charge in [-0.25, -0.2) is 8.42 Å². The minimum atomic E-state index is -3.85. The molecule has 0 radical (unpaired) electrons. The predicted molar refractivity (Wildman–Crippen MR) is 133 cm³/mol. The summed E-state index contributed by atoms with van der Waals surface area (Å²) in [5.74, 6) is -0.0931. The van der Waals surface area contributed by atoms with Crippen molar-refractivity contribution in [3.63, 3.8) is 0 Å². The molecule has 0 bridgehead atoms. The first kappa shape index (κ1) is 25.8. The zero-order valence-electron chi connectivity index (χ0n) is 19.6. The topological polar surface area (TPSA) is 102 Å². The Labute approximate surface area is 205 Å². The van der Waals surface area contributed by atoms with Crippen LogP contribution in [0.4, 0.5) is 5.69 Å². The quantitative estimate of drug-likeness (QED) is 0.401. The molecular weight excluding hydrogens is 468 g/mol. The second-order valence-electron chi connectivity index (χ2n) is 7.63. The van der Waals surface area contributed by atoms with Crippen LogP contribution in [0.5, 0.6) is 5.75 Å². The molecule has 1 amide bonds. The number of benzene rings is 3. The standard InChI is InChI=1S/C26H28N2O6S/c1-3-34-23-13-11-22(12-14-23)27-35(31,32)24-15-9-21(10-16-24)26(30)28(18-17-25(29)33-2)19-20-7-5-4-6-8-20/h4-16,27H,3,17-19H2,1-2H3. The van der Waals surface area contributed by atoms with Crippen LogP contribution in [0.2, 0.25) is 0 Å². The Morgan fingerprint density at radius 1 is 0.914 bits per heavy atom.